The van der Waals surface area contributed by atoms with Crippen LogP contribution in [0.1, 0.15) is 9.75 Å². The van der Waals surface area contributed by atoms with E-state index in [9.17, 15) is 4.39 Å². The minimum Gasteiger partial charge on any atom is -0.391 e. The molecule has 0 saturated carbocycles. The molecular weight excluding hydrogens is 153 g/mol. The van der Waals surface area contributed by atoms with Crippen molar-refractivity contribution in [2.24, 2.45) is 0 Å². The number of nitrogens with zero attached hydrogens (tertiary/aromatic N) is 1. The van der Waals surface area contributed by atoms with Crippen LogP contribution in [-0.4, -0.2) is 5.11 Å². The zero-order valence-electron chi connectivity index (χ0n) is 4.97. The van der Waals surface area contributed by atoms with Gasteiger partial charge in [-0.3, -0.25) is 0 Å². The third kappa shape index (κ3) is 1.15. The lowest BCUT2D eigenvalue weighted by molar-refractivity contribution is 0.280. The Hall–Kier alpha value is -0.920. The zero-order valence-corrected chi connectivity index (χ0v) is 5.78. The smallest absolute Gasteiger partial charge is 0.140 e. The van der Waals surface area contributed by atoms with E-state index in [0.717, 1.165) is 17.4 Å². The molecule has 0 unspecified atom stereocenters. The highest BCUT2D eigenvalue weighted by molar-refractivity contribution is 7.12. The highest BCUT2D eigenvalue weighted by Crippen LogP contribution is 2.19. The first-order valence-corrected chi connectivity index (χ1v) is 3.38. The predicted molar refractivity (Wildman–Crippen MR) is 34.9 cm³/mol. The van der Waals surface area contributed by atoms with Gasteiger partial charge in [-0.2, -0.15) is 5.26 Å². The van der Waals surface area contributed by atoms with Gasteiger partial charge < -0.3 is 5.11 Å². The quantitative estimate of drug-likeness (QED) is 0.666. The Morgan fingerprint density at radius 3 is 2.80 bits per heavy atom. The van der Waals surface area contributed by atoms with Crippen LogP contribution in [0.4, 0.5) is 4.39 Å². The van der Waals surface area contributed by atoms with Crippen LogP contribution in [0.5, 0.6) is 0 Å². The number of thiophene rings is 1. The standard InChI is InChI=1S/C6H4FNOS/c7-5-1-4(2-8)10-6(5)3-9/h1,9H,3H2. The molecule has 0 aliphatic carbocycles. The molecule has 1 aromatic heterocycles. The molecule has 52 valence electrons. The van der Waals surface area contributed by atoms with Gasteiger partial charge in [0.05, 0.1) is 11.5 Å². The van der Waals surface area contributed by atoms with E-state index >= 15 is 0 Å². The fourth-order valence-electron chi connectivity index (χ4n) is 0.569. The molecule has 2 nitrogen and oxygen atoms in total. The first-order chi connectivity index (χ1) is 4.77. The van der Waals surface area contributed by atoms with Gasteiger partial charge in [0.15, 0.2) is 0 Å². The molecule has 1 aromatic rings. The monoisotopic (exact) mass is 157 g/mol. The lowest BCUT2D eigenvalue weighted by Gasteiger charge is -1.83. The number of nitriles is 1. The number of aliphatic hydroxyl groups is 1. The molecule has 0 fully saturated rings. The summed E-state index contributed by atoms with van der Waals surface area (Å²) in [5, 5.41) is 16.8. The molecular formula is C6H4FNOS. The van der Waals surface area contributed by atoms with Crippen molar-refractivity contribution in [3.8, 4) is 6.07 Å². The van der Waals surface area contributed by atoms with Crippen molar-refractivity contribution >= 4 is 11.3 Å². The van der Waals surface area contributed by atoms with Gasteiger partial charge in [0.2, 0.25) is 0 Å². The molecule has 0 bridgehead atoms. The normalized spacial score (nSPS) is 9.30. The summed E-state index contributed by atoms with van der Waals surface area (Å²) in [5.41, 5.74) is 0. The fourth-order valence-corrected chi connectivity index (χ4v) is 1.26. The van der Waals surface area contributed by atoms with Crippen LogP contribution < -0.4 is 0 Å². The summed E-state index contributed by atoms with van der Waals surface area (Å²) < 4.78 is 12.5. The van der Waals surface area contributed by atoms with Gasteiger partial charge in [-0.25, -0.2) is 4.39 Å². The van der Waals surface area contributed by atoms with Gasteiger partial charge in [-0.05, 0) is 0 Å². The molecule has 0 aliphatic heterocycles. The summed E-state index contributed by atoms with van der Waals surface area (Å²) in [6.07, 6.45) is 0. The van der Waals surface area contributed by atoms with Gasteiger partial charge in [0.25, 0.3) is 0 Å². The van der Waals surface area contributed by atoms with Crippen molar-refractivity contribution < 1.29 is 9.50 Å². The van der Waals surface area contributed by atoms with Gasteiger partial charge in [-0.15, -0.1) is 11.3 Å². The molecule has 10 heavy (non-hydrogen) atoms. The number of hydrogen-bond donors (Lipinski definition) is 1. The van der Waals surface area contributed by atoms with Gasteiger partial charge in [-0.1, -0.05) is 0 Å². The summed E-state index contributed by atoms with van der Waals surface area (Å²) in [4.78, 5) is 0.512. The van der Waals surface area contributed by atoms with E-state index in [1.165, 1.54) is 0 Å². The minimum absolute atomic E-state index is 0.219. The molecule has 1 N–H and O–H groups in total. The molecule has 0 amide bonds. The van der Waals surface area contributed by atoms with Crippen molar-refractivity contribution in [3.63, 3.8) is 0 Å². The van der Waals surface area contributed by atoms with Crippen LogP contribution in [-0.2, 0) is 6.61 Å². The van der Waals surface area contributed by atoms with E-state index in [-0.39, 0.29) is 11.5 Å². The Morgan fingerprint density at radius 2 is 2.50 bits per heavy atom. The third-order valence-electron chi connectivity index (χ3n) is 1.01. The van der Waals surface area contributed by atoms with Crippen molar-refractivity contribution in [2.75, 3.05) is 0 Å². The molecule has 0 saturated heterocycles. The molecule has 4 heteroatoms. The van der Waals surface area contributed by atoms with Crippen molar-refractivity contribution in [2.45, 2.75) is 6.61 Å². The fraction of sp³-hybridized carbons (Fsp3) is 0.167. The highest BCUT2D eigenvalue weighted by atomic mass is 32.1. The molecule has 1 heterocycles. The molecule has 1 rings (SSSR count). The van der Waals surface area contributed by atoms with Gasteiger partial charge >= 0.3 is 0 Å². The van der Waals surface area contributed by atoms with Crippen LogP contribution in [0.25, 0.3) is 0 Å². The summed E-state index contributed by atoms with van der Waals surface area (Å²) in [5.74, 6) is -0.496. The maximum absolute atomic E-state index is 12.5. The van der Waals surface area contributed by atoms with E-state index in [4.69, 9.17) is 10.4 Å². The Bertz CT molecular complexity index is 276. The van der Waals surface area contributed by atoms with Crippen molar-refractivity contribution in [1.82, 2.24) is 0 Å². The van der Waals surface area contributed by atoms with Gasteiger partial charge in [0, 0.05) is 6.07 Å². The summed E-state index contributed by atoms with van der Waals surface area (Å²) in [7, 11) is 0. The average molecular weight is 157 g/mol. The number of hydrogen-bond acceptors (Lipinski definition) is 3. The molecule has 0 spiro atoms. The lowest BCUT2D eigenvalue weighted by Crippen LogP contribution is -1.77. The number of aliphatic hydroxyl groups excluding tert-OH is 1. The van der Waals surface area contributed by atoms with Crippen molar-refractivity contribution in [3.05, 3.63) is 21.6 Å². The second-order valence-corrected chi connectivity index (χ2v) is 2.79. The van der Waals surface area contributed by atoms with E-state index in [1.54, 1.807) is 6.07 Å². The maximum Gasteiger partial charge on any atom is 0.140 e. The first kappa shape index (κ1) is 7.19. The molecule has 0 aromatic carbocycles. The van der Waals surface area contributed by atoms with E-state index in [0.29, 0.717) is 4.88 Å². The second kappa shape index (κ2) is 2.78. The van der Waals surface area contributed by atoms with Crippen molar-refractivity contribution in [1.29, 1.82) is 5.26 Å². The SMILES string of the molecule is N#Cc1cc(F)c(CO)s1. The first-order valence-electron chi connectivity index (χ1n) is 2.57. The van der Waals surface area contributed by atoms with E-state index in [2.05, 4.69) is 0 Å². The molecule has 0 aliphatic rings. The molecule has 0 radical (unpaired) electrons. The van der Waals surface area contributed by atoms with Crippen LogP contribution in [0.2, 0.25) is 0 Å². The highest BCUT2D eigenvalue weighted by Gasteiger charge is 2.05. The van der Waals surface area contributed by atoms with Crippen LogP contribution >= 0.6 is 11.3 Å². The predicted octanol–water partition coefficient (Wildman–Crippen LogP) is 1.25. The third-order valence-corrected chi connectivity index (χ3v) is 2.01. The van der Waals surface area contributed by atoms with E-state index in [1.807, 2.05) is 0 Å². The van der Waals surface area contributed by atoms with Crippen LogP contribution in [0.3, 0.4) is 0 Å². The van der Waals surface area contributed by atoms with Crippen LogP contribution in [0, 0.1) is 17.1 Å². The van der Waals surface area contributed by atoms with Crippen LogP contribution in [0.15, 0.2) is 6.07 Å². The second-order valence-electron chi connectivity index (χ2n) is 1.65. The summed E-state index contributed by atoms with van der Waals surface area (Å²) >= 11 is 0.973. The number of rotatable bonds is 1. The Labute approximate surface area is 61.2 Å². The Morgan fingerprint density at radius 1 is 1.80 bits per heavy atom. The van der Waals surface area contributed by atoms with Gasteiger partial charge in [0.1, 0.15) is 16.8 Å². The number of halogens is 1. The summed E-state index contributed by atoms with van der Waals surface area (Å²) in [6, 6.07) is 2.91. The average Bonchev–Trinajstić information content (AvgIpc) is 2.30. The zero-order chi connectivity index (χ0) is 7.56. The largest absolute Gasteiger partial charge is 0.391 e. The topological polar surface area (TPSA) is 44.0 Å². The minimum atomic E-state index is -0.496. The van der Waals surface area contributed by atoms with E-state index < -0.39 is 5.82 Å². The Balaban J connectivity index is 3.07. The molecule has 0 atom stereocenters. The Kier molecular flexibility index (Phi) is 2.00. The summed E-state index contributed by atoms with van der Waals surface area (Å²) in [6.45, 7) is -0.335. The maximum atomic E-state index is 12.5. The lowest BCUT2D eigenvalue weighted by atomic mass is 10.4.